The van der Waals surface area contributed by atoms with Gasteiger partial charge in [-0.25, -0.2) is 9.78 Å². The third-order valence-electron chi connectivity index (χ3n) is 3.85. The van der Waals surface area contributed by atoms with E-state index in [-0.39, 0.29) is 5.69 Å². The number of amides is 1. The normalized spacial score (nSPS) is 10.5. The molecule has 0 saturated carbocycles. The standard InChI is InChI=1S/C21H20N2O4/c1-13-9-14(2)11-17(10-13)22-18(24)12-26-21(25)19-15(3)27-20(23-19)16-7-5-4-6-8-16/h4-11H,12H2,1-3H3,(H,22,24). The number of hydrogen-bond donors (Lipinski definition) is 1. The molecule has 1 N–H and O–H groups in total. The van der Waals surface area contributed by atoms with Crippen molar-refractivity contribution in [2.45, 2.75) is 20.8 Å². The molecule has 0 aliphatic carbocycles. The zero-order chi connectivity index (χ0) is 19.4. The van der Waals surface area contributed by atoms with E-state index in [9.17, 15) is 9.59 Å². The van der Waals surface area contributed by atoms with Crippen molar-refractivity contribution in [2.75, 3.05) is 11.9 Å². The van der Waals surface area contributed by atoms with Crippen LogP contribution in [0.4, 0.5) is 5.69 Å². The first kappa shape index (κ1) is 18.4. The maximum absolute atomic E-state index is 12.3. The number of carbonyl (C=O) groups is 2. The number of aryl methyl sites for hydroxylation is 3. The number of oxazole rings is 1. The maximum atomic E-state index is 12.3. The van der Waals surface area contributed by atoms with Gasteiger partial charge in [-0.3, -0.25) is 4.79 Å². The molecule has 0 aliphatic heterocycles. The summed E-state index contributed by atoms with van der Waals surface area (Å²) in [6.07, 6.45) is 0. The molecule has 0 aliphatic rings. The lowest BCUT2D eigenvalue weighted by Gasteiger charge is -2.08. The van der Waals surface area contributed by atoms with Crippen molar-refractivity contribution in [3.05, 3.63) is 71.1 Å². The molecular weight excluding hydrogens is 344 g/mol. The molecule has 2 aromatic carbocycles. The van der Waals surface area contributed by atoms with Gasteiger partial charge >= 0.3 is 5.97 Å². The van der Waals surface area contributed by atoms with Crippen LogP contribution in [-0.2, 0) is 9.53 Å². The number of rotatable bonds is 5. The zero-order valence-corrected chi connectivity index (χ0v) is 15.4. The van der Waals surface area contributed by atoms with Crippen LogP contribution in [0.25, 0.3) is 11.5 Å². The number of nitrogens with zero attached hydrogens (tertiary/aromatic N) is 1. The van der Waals surface area contributed by atoms with Crippen LogP contribution in [0.2, 0.25) is 0 Å². The van der Waals surface area contributed by atoms with Gasteiger partial charge in [-0.05, 0) is 56.2 Å². The van der Waals surface area contributed by atoms with Crippen LogP contribution in [0.5, 0.6) is 0 Å². The number of esters is 1. The zero-order valence-electron chi connectivity index (χ0n) is 15.4. The van der Waals surface area contributed by atoms with E-state index >= 15 is 0 Å². The average molecular weight is 364 g/mol. The van der Waals surface area contributed by atoms with Crippen molar-refractivity contribution in [1.82, 2.24) is 4.98 Å². The van der Waals surface area contributed by atoms with Gasteiger partial charge in [-0.2, -0.15) is 0 Å². The van der Waals surface area contributed by atoms with E-state index in [4.69, 9.17) is 9.15 Å². The highest BCUT2D eigenvalue weighted by atomic mass is 16.5. The van der Waals surface area contributed by atoms with E-state index in [1.807, 2.05) is 62.4 Å². The quantitative estimate of drug-likeness (QED) is 0.691. The fourth-order valence-electron chi connectivity index (χ4n) is 2.73. The maximum Gasteiger partial charge on any atom is 0.361 e. The van der Waals surface area contributed by atoms with Crippen LogP contribution in [0.15, 0.2) is 52.9 Å². The predicted octanol–water partition coefficient (Wildman–Crippen LogP) is 4.06. The van der Waals surface area contributed by atoms with Gasteiger partial charge in [0.15, 0.2) is 12.3 Å². The van der Waals surface area contributed by atoms with Gasteiger partial charge in [0.25, 0.3) is 5.91 Å². The molecule has 0 saturated heterocycles. The molecule has 0 bridgehead atoms. The topological polar surface area (TPSA) is 81.4 Å². The van der Waals surface area contributed by atoms with Crippen molar-refractivity contribution < 1.29 is 18.7 Å². The second kappa shape index (κ2) is 7.86. The van der Waals surface area contributed by atoms with Crippen molar-refractivity contribution in [1.29, 1.82) is 0 Å². The second-order valence-electron chi connectivity index (χ2n) is 6.29. The van der Waals surface area contributed by atoms with E-state index in [2.05, 4.69) is 10.3 Å². The summed E-state index contributed by atoms with van der Waals surface area (Å²) in [4.78, 5) is 28.5. The largest absolute Gasteiger partial charge is 0.451 e. The summed E-state index contributed by atoms with van der Waals surface area (Å²) in [5.74, 6) is -0.444. The highest BCUT2D eigenvalue weighted by molar-refractivity contribution is 5.95. The van der Waals surface area contributed by atoms with Gasteiger partial charge in [0.2, 0.25) is 5.89 Å². The molecule has 0 atom stereocenters. The SMILES string of the molecule is Cc1cc(C)cc(NC(=O)COC(=O)c2nc(-c3ccccc3)oc2C)c1. The summed E-state index contributed by atoms with van der Waals surface area (Å²) in [5, 5.41) is 2.72. The van der Waals surface area contributed by atoms with E-state index in [0.29, 0.717) is 17.3 Å². The highest BCUT2D eigenvalue weighted by Crippen LogP contribution is 2.21. The Bertz CT molecular complexity index is 957. The Kier molecular flexibility index (Phi) is 5.35. The van der Waals surface area contributed by atoms with Gasteiger partial charge in [0.1, 0.15) is 5.76 Å². The Balaban J connectivity index is 1.62. The van der Waals surface area contributed by atoms with E-state index in [1.165, 1.54) is 0 Å². The van der Waals surface area contributed by atoms with Crippen molar-refractivity contribution >= 4 is 17.6 Å². The minimum Gasteiger partial charge on any atom is -0.451 e. The molecule has 138 valence electrons. The van der Waals surface area contributed by atoms with E-state index in [1.54, 1.807) is 6.92 Å². The van der Waals surface area contributed by atoms with E-state index in [0.717, 1.165) is 16.7 Å². The first-order chi connectivity index (χ1) is 12.9. The number of anilines is 1. The second-order valence-corrected chi connectivity index (χ2v) is 6.29. The van der Waals surface area contributed by atoms with Crippen molar-refractivity contribution in [2.24, 2.45) is 0 Å². The minimum absolute atomic E-state index is 0.0630. The number of ether oxygens (including phenoxy) is 1. The average Bonchev–Trinajstić information content (AvgIpc) is 3.01. The fraction of sp³-hybridized carbons (Fsp3) is 0.190. The smallest absolute Gasteiger partial charge is 0.361 e. The first-order valence-corrected chi connectivity index (χ1v) is 8.50. The van der Waals surface area contributed by atoms with Crippen LogP contribution < -0.4 is 5.32 Å². The summed E-state index contributed by atoms with van der Waals surface area (Å²) in [6, 6.07) is 14.9. The van der Waals surface area contributed by atoms with Crippen molar-refractivity contribution in [3.8, 4) is 11.5 Å². The van der Waals surface area contributed by atoms with Crippen LogP contribution in [0, 0.1) is 20.8 Å². The fourth-order valence-corrected chi connectivity index (χ4v) is 2.73. The summed E-state index contributed by atoms with van der Waals surface area (Å²) in [7, 11) is 0. The Hall–Kier alpha value is -3.41. The van der Waals surface area contributed by atoms with E-state index < -0.39 is 18.5 Å². The van der Waals surface area contributed by atoms with Gasteiger partial charge in [0.05, 0.1) is 0 Å². The van der Waals surface area contributed by atoms with Gasteiger partial charge in [0, 0.05) is 11.3 Å². The number of carbonyl (C=O) groups excluding carboxylic acids is 2. The third kappa shape index (κ3) is 4.61. The van der Waals surface area contributed by atoms with Gasteiger partial charge in [-0.15, -0.1) is 0 Å². The summed E-state index contributed by atoms with van der Waals surface area (Å²) in [6.45, 7) is 5.12. The molecule has 3 aromatic rings. The van der Waals surface area contributed by atoms with Crippen molar-refractivity contribution in [3.63, 3.8) is 0 Å². The number of benzene rings is 2. The summed E-state index contributed by atoms with van der Waals surface area (Å²) >= 11 is 0. The van der Waals surface area contributed by atoms with Crippen LogP contribution >= 0.6 is 0 Å². The summed E-state index contributed by atoms with van der Waals surface area (Å²) in [5.41, 5.74) is 3.56. The number of aromatic nitrogens is 1. The molecule has 1 aromatic heterocycles. The van der Waals surface area contributed by atoms with Gasteiger partial charge in [-0.1, -0.05) is 24.3 Å². The Morgan fingerprint density at radius 1 is 1.04 bits per heavy atom. The van der Waals surface area contributed by atoms with Crippen LogP contribution in [0.1, 0.15) is 27.4 Å². The minimum atomic E-state index is -0.700. The Morgan fingerprint density at radius 2 is 1.70 bits per heavy atom. The van der Waals surface area contributed by atoms with Crippen LogP contribution in [0.3, 0.4) is 0 Å². The molecule has 0 fully saturated rings. The molecular formula is C21H20N2O4. The lowest BCUT2D eigenvalue weighted by molar-refractivity contribution is -0.119. The number of nitrogens with one attached hydrogen (secondary N) is 1. The molecule has 1 amide bonds. The molecule has 6 nitrogen and oxygen atoms in total. The van der Waals surface area contributed by atoms with Gasteiger partial charge < -0.3 is 14.5 Å². The molecule has 6 heteroatoms. The highest BCUT2D eigenvalue weighted by Gasteiger charge is 2.20. The molecule has 0 radical (unpaired) electrons. The lowest BCUT2D eigenvalue weighted by atomic mass is 10.1. The van der Waals surface area contributed by atoms with Crippen LogP contribution in [-0.4, -0.2) is 23.5 Å². The first-order valence-electron chi connectivity index (χ1n) is 8.50. The third-order valence-corrected chi connectivity index (χ3v) is 3.85. The summed E-state index contributed by atoms with van der Waals surface area (Å²) < 4.78 is 10.6. The Morgan fingerprint density at radius 3 is 2.37 bits per heavy atom. The Labute approximate surface area is 157 Å². The predicted molar refractivity (Wildman–Crippen MR) is 102 cm³/mol. The number of hydrogen-bond acceptors (Lipinski definition) is 5. The lowest BCUT2D eigenvalue weighted by Crippen LogP contribution is -2.21. The molecule has 0 spiro atoms. The molecule has 1 heterocycles. The molecule has 0 unspecified atom stereocenters. The monoisotopic (exact) mass is 364 g/mol. The molecule has 3 rings (SSSR count). The molecule has 27 heavy (non-hydrogen) atoms.